The van der Waals surface area contributed by atoms with E-state index >= 15 is 0 Å². The smallest absolute Gasteiger partial charge is 0.378 e. The van der Waals surface area contributed by atoms with Crippen molar-refractivity contribution in [3.63, 3.8) is 0 Å². The van der Waals surface area contributed by atoms with E-state index in [0.717, 1.165) is 12.8 Å². The van der Waals surface area contributed by atoms with Crippen LogP contribution in [0, 0.1) is 5.92 Å². The SMILES string of the molecule is C[C@@H]1CN(S(=O)(=O)C2CCC(C(F)(F)F)CC2)C[C@]2(CCCOC2)O1. The van der Waals surface area contributed by atoms with E-state index in [1.165, 1.54) is 4.31 Å². The lowest BCUT2D eigenvalue weighted by atomic mass is 9.88. The van der Waals surface area contributed by atoms with Crippen LogP contribution >= 0.6 is 0 Å². The van der Waals surface area contributed by atoms with Gasteiger partial charge in [0.05, 0.1) is 23.9 Å². The topological polar surface area (TPSA) is 55.8 Å². The molecule has 3 aliphatic rings. The van der Waals surface area contributed by atoms with E-state index in [1.54, 1.807) is 0 Å². The molecule has 0 amide bonds. The molecule has 2 heterocycles. The van der Waals surface area contributed by atoms with Crippen molar-refractivity contribution in [1.29, 1.82) is 0 Å². The highest BCUT2D eigenvalue weighted by Gasteiger charge is 2.48. The van der Waals surface area contributed by atoms with E-state index in [-0.39, 0.29) is 44.9 Å². The molecule has 3 fully saturated rings. The monoisotopic (exact) mass is 385 g/mol. The third-order valence-corrected chi connectivity index (χ3v) is 7.89. The van der Waals surface area contributed by atoms with Crippen LogP contribution < -0.4 is 0 Å². The number of alkyl halides is 3. The molecule has 146 valence electrons. The first-order chi connectivity index (χ1) is 11.6. The van der Waals surface area contributed by atoms with Gasteiger partial charge in [0.15, 0.2) is 0 Å². The molecule has 1 spiro atoms. The fourth-order valence-corrected chi connectivity index (χ4v) is 6.43. The third-order valence-electron chi connectivity index (χ3n) is 5.58. The van der Waals surface area contributed by atoms with Crippen molar-refractivity contribution in [2.75, 3.05) is 26.3 Å². The number of hydrogen-bond donors (Lipinski definition) is 0. The van der Waals surface area contributed by atoms with Gasteiger partial charge in [0.1, 0.15) is 5.60 Å². The van der Waals surface area contributed by atoms with Gasteiger partial charge >= 0.3 is 6.18 Å². The largest absolute Gasteiger partial charge is 0.391 e. The van der Waals surface area contributed by atoms with Gasteiger partial charge in [0.25, 0.3) is 0 Å². The lowest BCUT2D eigenvalue weighted by Crippen LogP contribution is -2.61. The number of rotatable bonds is 2. The third kappa shape index (κ3) is 4.14. The summed E-state index contributed by atoms with van der Waals surface area (Å²) >= 11 is 0. The zero-order chi connectivity index (χ0) is 18.3. The number of ether oxygens (including phenoxy) is 2. The maximum Gasteiger partial charge on any atom is 0.391 e. The molecule has 25 heavy (non-hydrogen) atoms. The fraction of sp³-hybridized carbons (Fsp3) is 1.00. The van der Waals surface area contributed by atoms with Crippen molar-refractivity contribution in [2.24, 2.45) is 5.92 Å². The van der Waals surface area contributed by atoms with Gasteiger partial charge in [-0.05, 0) is 45.4 Å². The molecule has 0 unspecified atom stereocenters. The fourth-order valence-electron chi connectivity index (χ4n) is 4.31. The Balaban J connectivity index is 1.69. The maximum absolute atomic E-state index is 13.0. The summed E-state index contributed by atoms with van der Waals surface area (Å²) in [4.78, 5) is 0. The van der Waals surface area contributed by atoms with Crippen LogP contribution in [0.3, 0.4) is 0 Å². The Morgan fingerprint density at radius 1 is 1.16 bits per heavy atom. The average molecular weight is 385 g/mol. The molecule has 0 aromatic carbocycles. The molecule has 0 radical (unpaired) electrons. The first-order valence-electron chi connectivity index (χ1n) is 8.94. The minimum Gasteiger partial charge on any atom is -0.378 e. The number of hydrogen-bond acceptors (Lipinski definition) is 4. The van der Waals surface area contributed by atoms with Crippen LogP contribution in [0.5, 0.6) is 0 Å². The summed E-state index contributed by atoms with van der Waals surface area (Å²) < 4.78 is 77.4. The lowest BCUT2D eigenvalue weighted by Gasteiger charge is -2.47. The Hall–Kier alpha value is -0.380. The standard InChI is InChI=1S/C16H26F3NO4S/c1-12-9-20(10-15(24-12)7-2-8-23-11-15)25(21,22)14-5-3-13(4-6-14)16(17,18)19/h12-14H,2-11H2,1H3/t12-,13?,14?,15+/m1/s1. The van der Waals surface area contributed by atoms with Gasteiger partial charge in [-0.25, -0.2) is 8.42 Å². The normalized spacial score (nSPS) is 38.8. The highest BCUT2D eigenvalue weighted by molar-refractivity contribution is 7.89. The second-order valence-electron chi connectivity index (χ2n) is 7.62. The van der Waals surface area contributed by atoms with E-state index in [9.17, 15) is 21.6 Å². The van der Waals surface area contributed by atoms with E-state index in [0.29, 0.717) is 13.2 Å². The summed E-state index contributed by atoms with van der Waals surface area (Å²) in [6.45, 7) is 3.33. The minimum atomic E-state index is -4.23. The second kappa shape index (κ2) is 6.98. The summed E-state index contributed by atoms with van der Waals surface area (Å²) in [6.07, 6.45) is -3.00. The van der Waals surface area contributed by atoms with Crippen LogP contribution in [0.1, 0.15) is 45.4 Å². The molecule has 1 aliphatic carbocycles. The first-order valence-corrected chi connectivity index (χ1v) is 10.4. The molecule has 1 saturated carbocycles. The van der Waals surface area contributed by atoms with Crippen LogP contribution in [0.25, 0.3) is 0 Å². The van der Waals surface area contributed by atoms with Crippen LogP contribution in [-0.4, -0.2) is 62.2 Å². The molecule has 2 saturated heterocycles. The molecular formula is C16H26F3NO4S. The quantitative estimate of drug-likeness (QED) is 0.733. The van der Waals surface area contributed by atoms with Crippen molar-refractivity contribution >= 4 is 10.0 Å². The minimum absolute atomic E-state index is 0.0712. The Bertz CT molecular complexity index is 566. The van der Waals surface area contributed by atoms with E-state index in [2.05, 4.69) is 0 Å². The molecule has 0 aromatic rings. The van der Waals surface area contributed by atoms with Crippen molar-refractivity contribution in [2.45, 2.75) is 68.6 Å². The second-order valence-corrected chi connectivity index (χ2v) is 9.83. The van der Waals surface area contributed by atoms with Gasteiger partial charge in [-0.3, -0.25) is 0 Å². The van der Waals surface area contributed by atoms with Gasteiger partial charge in [0.2, 0.25) is 10.0 Å². The Morgan fingerprint density at radius 2 is 1.84 bits per heavy atom. The zero-order valence-electron chi connectivity index (χ0n) is 14.4. The molecule has 0 bridgehead atoms. The van der Waals surface area contributed by atoms with Crippen LogP contribution in [-0.2, 0) is 19.5 Å². The summed E-state index contributed by atoms with van der Waals surface area (Å²) in [5, 5.41) is -0.724. The highest BCUT2D eigenvalue weighted by atomic mass is 32.2. The molecule has 5 nitrogen and oxygen atoms in total. The van der Waals surface area contributed by atoms with Crippen molar-refractivity contribution in [3.05, 3.63) is 0 Å². The lowest BCUT2D eigenvalue weighted by molar-refractivity contribution is -0.184. The summed E-state index contributed by atoms with van der Waals surface area (Å²) in [6, 6.07) is 0. The van der Waals surface area contributed by atoms with Crippen LogP contribution in [0.4, 0.5) is 13.2 Å². The average Bonchev–Trinajstić information content (AvgIpc) is 2.54. The number of sulfonamides is 1. The Morgan fingerprint density at radius 3 is 2.40 bits per heavy atom. The predicted octanol–water partition coefficient (Wildman–Crippen LogP) is 2.71. The molecule has 2 atom stereocenters. The Kier molecular flexibility index (Phi) is 5.41. The molecule has 2 aliphatic heterocycles. The summed E-state index contributed by atoms with van der Waals surface area (Å²) in [5.41, 5.74) is -0.619. The highest BCUT2D eigenvalue weighted by Crippen LogP contribution is 2.40. The molecule has 9 heteroatoms. The predicted molar refractivity (Wildman–Crippen MR) is 85.6 cm³/mol. The van der Waals surface area contributed by atoms with Gasteiger partial charge in [-0.2, -0.15) is 17.5 Å². The molecule has 0 N–H and O–H groups in total. The number of nitrogens with zero attached hydrogens (tertiary/aromatic N) is 1. The maximum atomic E-state index is 13.0. The van der Waals surface area contributed by atoms with Crippen molar-refractivity contribution in [3.8, 4) is 0 Å². The zero-order valence-corrected chi connectivity index (χ0v) is 15.2. The van der Waals surface area contributed by atoms with E-state index in [1.807, 2.05) is 6.92 Å². The van der Waals surface area contributed by atoms with Crippen LogP contribution in [0.2, 0.25) is 0 Å². The van der Waals surface area contributed by atoms with Gasteiger partial charge < -0.3 is 9.47 Å². The molecular weight excluding hydrogens is 359 g/mol. The summed E-state index contributed by atoms with van der Waals surface area (Å²) in [7, 11) is -3.63. The Labute approximate surface area is 146 Å². The van der Waals surface area contributed by atoms with Gasteiger partial charge in [-0.15, -0.1) is 0 Å². The van der Waals surface area contributed by atoms with Crippen molar-refractivity contribution in [1.82, 2.24) is 4.31 Å². The van der Waals surface area contributed by atoms with Gasteiger partial charge in [0, 0.05) is 19.7 Å². The molecule has 3 rings (SSSR count). The summed E-state index contributed by atoms with van der Waals surface area (Å²) in [5.74, 6) is -1.37. The number of halogens is 3. The van der Waals surface area contributed by atoms with Crippen molar-refractivity contribution < 1.29 is 31.1 Å². The first kappa shape index (κ1) is 19.4. The van der Waals surface area contributed by atoms with E-state index < -0.39 is 33.0 Å². The number of morpholine rings is 1. The molecule has 0 aromatic heterocycles. The van der Waals surface area contributed by atoms with E-state index in [4.69, 9.17) is 9.47 Å². The van der Waals surface area contributed by atoms with Gasteiger partial charge in [-0.1, -0.05) is 0 Å². The van der Waals surface area contributed by atoms with Crippen LogP contribution in [0.15, 0.2) is 0 Å².